The van der Waals surface area contributed by atoms with Crippen molar-refractivity contribution < 1.29 is 4.92 Å². The fourth-order valence-corrected chi connectivity index (χ4v) is 1.79. The first-order chi connectivity index (χ1) is 7.56. The van der Waals surface area contributed by atoms with Crippen molar-refractivity contribution in [3.8, 4) is 0 Å². The van der Waals surface area contributed by atoms with Crippen LogP contribution >= 0.6 is 11.6 Å². The van der Waals surface area contributed by atoms with Gasteiger partial charge in [-0.2, -0.15) is 0 Å². The molecular weight excluding hydrogens is 228 g/mol. The number of hydrogen-bond donors (Lipinski definition) is 1. The molecule has 0 saturated heterocycles. The van der Waals surface area contributed by atoms with E-state index in [0.717, 1.165) is 18.5 Å². The van der Waals surface area contributed by atoms with E-state index in [9.17, 15) is 10.1 Å². The maximum atomic E-state index is 10.5. The number of halogens is 1. The van der Waals surface area contributed by atoms with Crippen LogP contribution < -0.4 is 5.32 Å². The van der Waals surface area contributed by atoms with E-state index in [2.05, 4.69) is 12.2 Å². The van der Waals surface area contributed by atoms with Crippen LogP contribution in [0.25, 0.3) is 0 Å². The lowest BCUT2D eigenvalue weighted by atomic mass is 10.1. The quantitative estimate of drug-likeness (QED) is 0.637. The minimum atomic E-state index is -0.445. The van der Waals surface area contributed by atoms with Crippen molar-refractivity contribution in [2.45, 2.75) is 26.3 Å². The normalized spacial score (nSPS) is 12.4. The molecule has 0 aliphatic rings. The minimum Gasteiger partial charge on any atom is -0.310 e. The second-order valence-electron chi connectivity index (χ2n) is 3.64. The number of hydrogen-bond acceptors (Lipinski definition) is 3. The summed E-state index contributed by atoms with van der Waals surface area (Å²) in [5.41, 5.74) is 0.914. The molecule has 4 nitrogen and oxygen atoms in total. The van der Waals surface area contributed by atoms with Crippen LogP contribution in [0.5, 0.6) is 0 Å². The fraction of sp³-hybridized carbons (Fsp3) is 0.455. The Kier molecular flexibility index (Phi) is 4.71. The molecule has 0 aliphatic heterocycles. The third kappa shape index (κ3) is 3.18. The Balaban J connectivity index is 2.85. The van der Waals surface area contributed by atoms with E-state index < -0.39 is 4.92 Å². The Morgan fingerprint density at radius 1 is 1.56 bits per heavy atom. The largest absolute Gasteiger partial charge is 0.310 e. The van der Waals surface area contributed by atoms with Crippen molar-refractivity contribution in [1.29, 1.82) is 0 Å². The van der Waals surface area contributed by atoms with Crippen molar-refractivity contribution in [2.75, 3.05) is 6.54 Å². The first kappa shape index (κ1) is 12.9. The highest BCUT2D eigenvalue weighted by atomic mass is 35.5. The van der Waals surface area contributed by atoms with Gasteiger partial charge >= 0.3 is 0 Å². The molecule has 0 aliphatic carbocycles. The van der Waals surface area contributed by atoms with Crippen LogP contribution in [-0.4, -0.2) is 11.5 Å². The molecule has 0 spiro atoms. The Labute approximate surface area is 99.8 Å². The first-order valence-electron chi connectivity index (χ1n) is 5.23. The fourth-order valence-electron chi connectivity index (χ4n) is 1.45. The summed E-state index contributed by atoms with van der Waals surface area (Å²) in [5.74, 6) is 0. The van der Waals surface area contributed by atoms with Gasteiger partial charge in [-0.3, -0.25) is 10.1 Å². The molecule has 5 heteroatoms. The second kappa shape index (κ2) is 5.82. The zero-order valence-electron chi connectivity index (χ0n) is 9.37. The molecule has 0 bridgehead atoms. The van der Waals surface area contributed by atoms with E-state index in [0.29, 0.717) is 5.02 Å². The molecule has 1 rings (SSSR count). The van der Waals surface area contributed by atoms with Crippen LogP contribution in [0, 0.1) is 10.1 Å². The van der Waals surface area contributed by atoms with Crippen molar-refractivity contribution >= 4 is 17.3 Å². The van der Waals surface area contributed by atoms with Gasteiger partial charge in [0.2, 0.25) is 0 Å². The van der Waals surface area contributed by atoms with Crippen molar-refractivity contribution in [2.24, 2.45) is 0 Å². The lowest BCUT2D eigenvalue weighted by Crippen LogP contribution is -2.19. The van der Waals surface area contributed by atoms with Crippen LogP contribution in [0.1, 0.15) is 31.9 Å². The van der Waals surface area contributed by atoms with E-state index in [-0.39, 0.29) is 11.7 Å². The van der Waals surface area contributed by atoms with Crippen molar-refractivity contribution in [1.82, 2.24) is 5.32 Å². The summed E-state index contributed by atoms with van der Waals surface area (Å²) in [6.07, 6.45) is 1.04. The molecule has 0 fully saturated rings. The second-order valence-corrected chi connectivity index (χ2v) is 4.05. The summed E-state index contributed by atoms with van der Waals surface area (Å²) in [7, 11) is 0. The molecule has 88 valence electrons. The molecular formula is C11H15ClN2O2. The summed E-state index contributed by atoms with van der Waals surface area (Å²) >= 11 is 6.00. The Bertz CT molecular complexity index is 382. The molecule has 0 amide bonds. The van der Waals surface area contributed by atoms with E-state index >= 15 is 0 Å². The van der Waals surface area contributed by atoms with Gasteiger partial charge in [0.15, 0.2) is 0 Å². The maximum absolute atomic E-state index is 10.5. The molecule has 0 heterocycles. The Morgan fingerprint density at radius 2 is 2.25 bits per heavy atom. The summed E-state index contributed by atoms with van der Waals surface area (Å²) in [6.45, 7) is 4.97. The van der Waals surface area contributed by atoms with Crippen molar-refractivity contribution in [3.05, 3.63) is 38.9 Å². The third-order valence-corrected chi connectivity index (χ3v) is 2.69. The maximum Gasteiger partial charge on any atom is 0.270 e. The van der Waals surface area contributed by atoms with Crippen LogP contribution in [0.2, 0.25) is 5.02 Å². The average molecular weight is 243 g/mol. The Morgan fingerprint density at radius 3 is 2.75 bits per heavy atom. The molecule has 16 heavy (non-hydrogen) atoms. The topological polar surface area (TPSA) is 55.2 Å². The zero-order valence-corrected chi connectivity index (χ0v) is 10.1. The average Bonchev–Trinajstić information content (AvgIpc) is 2.25. The summed E-state index contributed by atoms with van der Waals surface area (Å²) in [5, 5.41) is 14.3. The lowest BCUT2D eigenvalue weighted by molar-refractivity contribution is -0.384. The van der Waals surface area contributed by atoms with Gasteiger partial charge in [-0.1, -0.05) is 18.5 Å². The highest BCUT2D eigenvalue weighted by molar-refractivity contribution is 6.31. The van der Waals surface area contributed by atoms with Gasteiger partial charge in [-0.25, -0.2) is 0 Å². The molecule has 0 saturated carbocycles. The molecule has 1 unspecified atom stereocenters. The number of benzene rings is 1. The molecule has 1 aromatic carbocycles. The van der Waals surface area contributed by atoms with E-state index in [1.165, 1.54) is 12.1 Å². The summed E-state index contributed by atoms with van der Waals surface area (Å²) in [6, 6.07) is 4.67. The van der Waals surface area contributed by atoms with E-state index in [4.69, 9.17) is 11.6 Å². The van der Waals surface area contributed by atoms with Gasteiger partial charge in [0, 0.05) is 18.2 Å². The van der Waals surface area contributed by atoms with Gasteiger partial charge in [0.1, 0.15) is 0 Å². The van der Waals surface area contributed by atoms with Gasteiger partial charge in [-0.05, 0) is 31.5 Å². The first-order valence-corrected chi connectivity index (χ1v) is 5.61. The number of nitrogens with zero attached hydrogens (tertiary/aromatic N) is 1. The van der Waals surface area contributed by atoms with Crippen LogP contribution in [0.3, 0.4) is 0 Å². The molecule has 1 aromatic rings. The van der Waals surface area contributed by atoms with Gasteiger partial charge in [-0.15, -0.1) is 0 Å². The highest BCUT2D eigenvalue weighted by Crippen LogP contribution is 2.26. The number of rotatable bonds is 5. The van der Waals surface area contributed by atoms with Crippen molar-refractivity contribution in [3.63, 3.8) is 0 Å². The monoisotopic (exact) mass is 242 g/mol. The molecule has 0 radical (unpaired) electrons. The smallest absolute Gasteiger partial charge is 0.270 e. The van der Waals surface area contributed by atoms with Gasteiger partial charge in [0.05, 0.1) is 9.95 Å². The number of non-ortho nitro benzene ring substituents is 1. The molecule has 1 N–H and O–H groups in total. The number of nitrogens with one attached hydrogen (secondary N) is 1. The standard InChI is InChI=1S/C11H15ClN2O2/c1-3-6-13-8(2)10-5-4-9(14(15)16)7-11(10)12/h4-5,7-8,13H,3,6H2,1-2H3. The van der Waals surface area contributed by atoms with E-state index in [1.807, 2.05) is 6.92 Å². The van der Waals surface area contributed by atoms with Crippen LogP contribution in [-0.2, 0) is 0 Å². The zero-order chi connectivity index (χ0) is 12.1. The lowest BCUT2D eigenvalue weighted by Gasteiger charge is -2.14. The predicted octanol–water partition coefficient (Wildman–Crippen LogP) is 3.31. The highest BCUT2D eigenvalue weighted by Gasteiger charge is 2.13. The van der Waals surface area contributed by atoms with Crippen LogP contribution in [0.4, 0.5) is 5.69 Å². The summed E-state index contributed by atoms with van der Waals surface area (Å²) < 4.78 is 0. The minimum absolute atomic E-state index is 0.0245. The van der Waals surface area contributed by atoms with E-state index in [1.54, 1.807) is 6.07 Å². The number of nitro groups is 1. The third-order valence-electron chi connectivity index (χ3n) is 2.36. The van der Waals surface area contributed by atoms with Gasteiger partial charge < -0.3 is 5.32 Å². The predicted molar refractivity (Wildman–Crippen MR) is 64.8 cm³/mol. The Hall–Kier alpha value is -1.13. The number of nitro benzene ring substituents is 1. The summed E-state index contributed by atoms with van der Waals surface area (Å²) in [4.78, 5) is 10.1. The SMILES string of the molecule is CCCNC(C)c1ccc([N+](=O)[O-])cc1Cl. The molecule has 0 aromatic heterocycles. The van der Waals surface area contributed by atoms with Crippen LogP contribution in [0.15, 0.2) is 18.2 Å². The molecule has 1 atom stereocenters. The van der Waals surface area contributed by atoms with Gasteiger partial charge in [0.25, 0.3) is 5.69 Å².